The van der Waals surface area contributed by atoms with Gasteiger partial charge >= 0.3 is 0 Å². The van der Waals surface area contributed by atoms with Crippen LogP contribution in [0.5, 0.6) is 0 Å². The van der Waals surface area contributed by atoms with Crippen molar-refractivity contribution in [3.05, 3.63) is 34.8 Å². The predicted octanol–water partition coefficient (Wildman–Crippen LogP) is 2.11. The molecule has 0 aliphatic heterocycles. The van der Waals surface area contributed by atoms with Crippen molar-refractivity contribution in [2.45, 2.75) is 19.8 Å². The molecule has 2 rings (SSSR count). The molecule has 22 heavy (non-hydrogen) atoms. The van der Waals surface area contributed by atoms with E-state index < -0.39 is 10.0 Å². The minimum atomic E-state index is -3.38. The topological polar surface area (TPSA) is 101 Å². The molecule has 1 aromatic heterocycles. The summed E-state index contributed by atoms with van der Waals surface area (Å²) in [5.74, 6) is -0.364. The maximum absolute atomic E-state index is 12.1. The number of aryl methyl sites for hydroxylation is 1. The number of benzene rings is 1. The van der Waals surface area contributed by atoms with Crippen LogP contribution in [0.25, 0.3) is 0 Å². The molecule has 0 fully saturated rings. The first-order valence-corrected chi connectivity index (χ1v) is 9.30. The van der Waals surface area contributed by atoms with E-state index in [-0.39, 0.29) is 5.91 Å². The highest BCUT2D eigenvalue weighted by atomic mass is 32.2. The van der Waals surface area contributed by atoms with E-state index in [1.54, 1.807) is 18.2 Å². The van der Waals surface area contributed by atoms with E-state index in [9.17, 15) is 13.2 Å². The molecule has 9 heteroatoms. The number of hydrogen-bond donors (Lipinski definition) is 2. The van der Waals surface area contributed by atoms with Crippen molar-refractivity contribution in [1.82, 2.24) is 10.2 Å². The quantitative estimate of drug-likeness (QED) is 0.839. The zero-order valence-electron chi connectivity index (χ0n) is 12.2. The Hall–Kier alpha value is -2.00. The molecule has 2 N–H and O–H groups in total. The van der Waals surface area contributed by atoms with E-state index in [1.807, 2.05) is 6.92 Å². The van der Waals surface area contributed by atoms with Crippen LogP contribution in [0.3, 0.4) is 0 Å². The maximum atomic E-state index is 12.1. The second-order valence-corrected chi connectivity index (χ2v) is 7.47. The Morgan fingerprint density at radius 2 is 2.09 bits per heavy atom. The number of aromatic nitrogens is 2. The Kier molecular flexibility index (Phi) is 5.09. The molecule has 7 nitrogen and oxygen atoms in total. The summed E-state index contributed by atoms with van der Waals surface area (Å²) in [6, 6.07) is 6.23. The number of amides is 1. The zero-order valence-corrected chi connectivity index (χ0v) is 13.8. The largest absolute Gasteiger partial charge is 0.296 e. The van der Waals surface area contributed by atoms with E-state index in [4.69, 9.17) is 0 Å². The lowest BCUT2D eigenvalue weighted by Crippen LogP contribution is -2.13. The molecule has 0 aliphatic rings. The number of carbonyl (C=O) groups excluding carboxylic acids is 1. The zero-order chi connectivity index (χ0) is 16.2. The van der Waals surface area contributed by atoms with Gasteiger partial charge in [0.2, 0.25) is 15.2 Å². The first-order chi connectivity index (χ1) is 10.4. The first kappa shape index (κ1) is 16.4. The van der Waals surface area contributed by atoms with Gasteiger partial charge in [-0.25, -0.2) is 8.42 Å². The molecule has 0 radical (unpaired) electrons. The van der Waals surface area contributed by atoms with Crippen LogP contribution in [0.4, 0.5) is 10.8 Å². The third-order valence-electron chi connectivity index (χ3n) is 2.58. The fraction of sp³-hybridized carbons (Fsp3) is 0.308. The minimum Gasteiger partial charge on any atom is -0.296 e. The molecule has 0 aliphatic carbocycles. The molecule has 1 amide bonds. The molecule has 0 saturated carbocycles. The monoisotopic (exact) mass is 340 g/mol. The van der Waals surface area contributed by atoms with Crippen LogP contribution < -0.4 is 10.0 Å². The molecule has 1 aromatic carbocycles. The van der Waals surface area contributed by atoms with Crippen LogP contribution in [-0.2, 0) is 16.4 Å². The van der Waals surface area contributed by atoms with Gasteiger partial charge in [0, 0.05) is 17.7 Å². The number of nitrogens with one attached hydrogen (secondary N) is 2. The summed E-state index contributed by atoms with van der Waals surface area (Å²) >= 11 is 1.33. The van der Waals surface area contributed by atoms with E-state index >= 15 is 0 Å². The lowest BCUT2D eigenvalue weighted by molar-refractivity contribution is 0.102. The Balaban J connectivity index is 2.10. The first-order valence-electron chi connectivity index (χ1n) is 6.59. The van der Waals surface area contributed by atoms with Crippen molar-refractivity contribution in [2.24, 2.45) is 0 Å². The van der Waals surface area contributed by atoms with Crippen LogP contribution in [0.15, 0.2) is 24.3 Å². The molecule has 0 spiro atoms. The number of anilines is 2. The summed E-state index contributed by atoms with van der Waals surface area (Å²) in [5.41, 5.74) is 0.667. The molecular formula is C13H16N4O3S2. The number of rotatable bonds is 6. The van der Waals surface area contributed by atoms with E-state index in [0.717, 1.165) is 24.1 Å². The van der Waals surface area contributed by atoms with Crippen LogP contribution in [0.1, 0.15) is 28.7 Å². The third-order valence-corrected chi connectivity index (χ3v) is 4.08. The third kappa shape index (κ3) is 4.78. The number of sulfonamides is 1. The summed E-state index contributed by atoms with van der Waals surface area (Å²) < 4.78 is 24.7. The van der Waals surface area contributed by atoms with Crippen LogP contribution in [0.2, 0.25) is 0 Å². The van der Waals surface area contributed by atoms with Gasteiger partial charge in [-0.1, -0.05) is 24.3 Å². The van der Waals surface area contributed by atoms with Gasteiger partial charge in [0.25, 0.3) is 5.91 Å². The summed E-state index contributed by atoms with van der Waals surface area (Å²) in [5, 5.41) is 11.8. The van der Waals surface area contributed by atoms with E-state index in [1.165, 1.54) is 17.4 Å². The van der Waals surface area contributed by atoms with Gasteiger partial charge in [0.15, 0.2) is 0 Å². The Bertz CT molecular complexity index is 771. The molecule has 0 bridgehead atoms. The number of nitrogens with zero attached hydrogens (tertiary/aromatic N) is 2. The maximum Gasteiger partial charge on any atom is 0.257 e. The summed E-state index contributed by atoms with van der Waals surface area (Å²) in [4.78, 5) is 12.1. The molecule has 0 saturated heterocycles. The summed E-state index contributed by atoms with van der Waals surface area (Å²) in [7, 11) is -3.38. The normalized spacial score (nSPS) is 11.2. The predicted molar refractivity (Wildman–Crippen MR) is 86.8 cm³/mol. The lowest BCUT2D eigenvalue weighted by atomic mass is 10.2. The minimum absolute atomic E-state index is 0.332. The SMILES string of the molecule is CCCc1nnc(NC(=O)c2cccc(NS(C)(=O)=O)c2)s1. The van der Waals surface area contributed by atoms with Gasteiger partial charge in [-0.3, -0.25) is 14.8 Å². The highest BCUT2D eigenvalue weighted by Gasteiger charge is 2.11. The molecular weight excluding hydrogens is 324 g/mol. The van der Waals surface area contributed by atoms with Gasteiger partial charge in [0.05, 0.1) is 6.26 Å². The van der Waals surface area contributed by atoms with E-state index in [0.29, 0.717) is 16.4 Å². The van der Waals surface area contributed by atoms with Crippen molar-refractivity contribution in [3.63, 3.8) is 0 Å². The second kappa shape index (κ2) is 6.84. The number of hydrogen-bond acceptors (Lipinski definition) is 6. The van der Waals surface area contributed by atoms with Gasteiger partial charge in [-0.05, 0) is 24.6 Å². The van der Waals surface area contributed by atoms with Crippen molar-refractivity contribution in [1.29, 1.82) is 0 Å². The van der Waals surface area contributed by atoms with Crippen LogP contribution >= 0.6 is 11.3 Å². The second-order valence-electron chi connectivity index (χ2n) is 4.66. The van der Waals surface area contributed by atoms with Gasteiger partial charge in [-0.2, -0.15) is 0 Å². The average Bonchev–Trinajstić information content (AvgIpc) is 2.85. The van der Waals surface area contributed by atoms with Crippen molar-refractivity contribution < 1.29 is 13.2 Å². The average molecular weight is 340 g/mol. The highest BCUT2D eigenvalue weighted by molar-refractivity contribution is 7.92. The van der Waals surface area contributed by atoms with Crippen LogP contribution in [-0.4, -0.2) is 30.8 Å². The van der Waals surface area contributed by atoms with Gasteiger partial charge < -0.3 is 0 Å². The Morgan fingerprint density at radius 3 is 2.77 bits per heavy atom. The molecule has 0 atom stereocenters. The highest BCUT2D eigenvalue weighted by Crippen LogP contribution is 2.18. The van der Waals surface area contributed by atoms with Gasteiger partial charge in [-0.15, -0.1) is 10.2 Å². The van der Waals surface area contributed by atoms with E-state index in [2.05, 4.69) is 20.2 Å². The smallest absolute Gasteiger partial charge is 0.257 e. The molecule has 1 heterocycles. The molecule has 2 aromatic rings. The Morgan fingerprint density at radius 1 is 1.32 bits per heavy atom. The summed E-state index contributed by atoms with van der Waals surface area (Å²) in [6.45, 7) is 2.04. The van der Waals surface area contributed by atoms with Crippen molar-refractivity contribution >= 4 is 38.1 Å². The standard InChI is InChI=1S/C13H16N4O3S2/c1-3-5-11-15-16-13(21-11)14-12(18)9-6-4-7-10(8-9)17-22(2,19)20/h4,6-8,17H,3,5H2,1-2H3,(H,14,16,18). The Labute approximate surface area is 132 Å². The lowest BCUT2D eigenvalue weighted by Gasteiger charge is -2.06. The van der Waals surface area contributed by atoms with Crippen molar-refractivity contribution in [3.8, 4) is 0 Å². The fourth-order valence-electron chi connectivity index (χ4n) is 1.73. The number of carbonyl (C=O) groups is 1. The van der Waals surface area contributed by atoms with Crippen molar-refractivity contribution in [2.75, 3.05) is 16.3 Å². The van der Waals surface area contributed by atoms with Crippen LogP contribution in [0, 0.1) is 0 Å². The summed E-state index contributed by atoms with van der Waals surface area (Å²) in [6.07, 6.45) is 2.83. The molecule has 118 valence electrons. The molecule has 0 unspecified atom stereocenters. The fourth-order valence-corrected chi connectivity index (χ4v) is 3.12. The van der Waals surface area contributed by atoms with Gasteiger partial charge in [0.1, 0.15) is 5.01 Å².